The fourth-order valence-electron chi connectivity index (χ4n) is 2.98. The minimum atomic E-state index is -4.36. The molecule has 1 aromatic carbocycles. The molecule has 5 nitrogen and oxygen atoms in total. The number of carbonyl (C=O) groups excluding carboxylic acids is 1. The standard InChI is InChI=1S/C21H23F3N4O/c1-13-9-17-16(26-19(13)27-18(29)10-20(2,3)4)11-25-28(17)12-14-5-7-15(8-6-14)21(22,23)24/h5-9,11H,10,12H2,1-4H3,(H,26,27,29). The lowest BCUT2D eigenvalue weighted by Gasteiger charge is -2.17. The molecule has 0 radical (unpaired) electrons. The van der Waals surface area contributed by atoms with Crippen LogP contribution < -0.4 is 5.32 Å². The number of aryl methyl sites for hydroxylation is 1. The first-order valence-corrected chi connectivity index (χ1v) is 9.21. The molecule has 3 aromatic rings. The number of rotatable bonds is 4. The molecule has 0 unspecified atom stereocenters. The first-order valence-electron chi connectivity index (χ1n) is 9.21. The maximum atomic E-state index is 12.7. The zero-order chi connectivity index (χ0) is 21.4. The third-order valence-electron chi connectivity index (χ3n) is 4.38. The molecule has 0 saturated heterocycles. The molecule has 2 aromatic heterocycles. The number of fused-ring (bicyclic) bond motifs is 1. The Labute approximate surface area is 166 Å². The molecular weight excluding hydrogens is 381 g/mol. The van der Waals surface area contributed by atoms with Crippen molar-refractivity contribution >= 4 is 22.8 Å². The Bertz CT molecular complexity index is 1030. The molecule has 0 fully saturated rings. The molecule has 0 aliphatic heterocycles. The molecule has 1 amide bonds. The van der Waals surface area contributed by atoms with Crippen LogP contribution in [0.1, 0.15) is 43.9 Å². The second-order valence-corrected chi connectivity index (χ2v) is 8.34. The van der Waals surface area contributed by atoms with Gasteiger partial charge in [0.1, 0.15) is 11.3 Å². The molecule has 1 N–H and O–H groups in total. The average Bonchev–Trinajstić information content (AvgIpc) is 2.95. The largest absolute Gasteiger partial charge is 0.416 e. The van der Waals surface area contributed by atoms with E-state index in [1.54, 1.807) is 10.9 Å². The van der Waals surface area contributed by atoms with E-state index >= 15 is 0 Å². The predicted octanol–water partition coefficient (Wildman–Crippen LogP) is 5.18. The first-order chi connectivity index (χ1) is 13.4. The Morgan fingerprint density at radius 3 is 2.38 bits per heavy atom. The highest BCUT2D eigenvalue weighted by atomic mass is 19.4. The van der Waals surface area contributed by atoms with Gasteiger partial charge < -0.3 is 5.32 Å². The van der Waals surface area contributed by atoms with E-state index in [9.17, 15) is 18.0 Å². The molecule has 0 saturated carbocycles. The lowest BCUT2D eigenvalue weighted by molar-refractivity contribution is -0.137. The van der Waals surface area contributed by atoms with Crippen molar-refractivity contribution in [1.29, 1.82) is 0 Å². The number of amides is 1. The summed E-state index contributed by atoms with van der Waals surface area (Å²) in [5.41, 5.74) is 2.02. The Morgan fingerprint density at radius 2 is 1.79 bits per heavy atom. The van der Waals surface area contributed by atoms with E-state index in [1.807, 2.05) is 33.8 Å². The Balaban J connectivity index is 1.81. The van der Waals surface area contributed by atoms with Crippen LogP contribution in [0.4, 0.5) is 19.0 Å². The molecular formula is C21H23F3N4O. The number of anilines is 1. The van der Waals surface area contributed by atoms with Crippen LogP contribution >= 0.6 is 0 Å². The Hall–Kier alpha value is -2.90. The average molecular weight is 404 g/mol. The summed E-state index contributed by atoms with van der Waals surface area (Å²) in [5, 5.41) is 7.15. The van der Waals surface area contributed by atoms with E-state index in [4.69, 9.17) is 0 Å². The fourth-order valence-corrected chi connectivity index (χ4v) is 2.98. The van der Waals surface area contributed by atoms with Gasteiger partial charge in [0.2, 0.25) is 5.91 Å². The number of hydrogen-bond acceptors (Lipinski definition) is 3. The SMILES string of the molecule is Cc1cc2c(cnn2Cc2ccc(C(F)(F)F)cc2)nc1NC(=O)CC(C)(C)C. The molecule has 0 bridgehead atoms. The third-order valence-corrected chi connectivity index (χ3v) is 4.38. The van der Waals surface area contributed by atoms with Crippen LogP contribution in [-0.2, 0) is 17.5 Å². The minimum absolute atomic E-state index is 0.107. The highest BCUT2D eigenvalue weighted by molar-refractivity contribution is 5.92. The van der Waals surface area contributed by atoms with Gasteiger partial charge in [-0.15, -0.1) is 0 Å². The number of aromatic nitrogens is 3. The van der Waals surface area contributed by atoms with Crippen molar-refractivity contribution in [3.05, 3.63) is 53.2 Å². The van der Waals surface area contributed by atoms with Crippen molar-refractivity contribution in [3.63, 3.8) is 0 Å². The third kappa shape index (κ3) is 5.13. The van der Waals surface area contributed by atoms with Crippen molar-refractivity contribution in [1.82, 2.24) is 14.8 Å². The summed E-state index contributed by atoms with van der Waals surface area (Å²) in [6, 6.07) is 6.88. The van der Waals surface area contributed by atoms with Crippen LogP contribution in [-0.4, -0.2) is 20.7 Å². The molecule has 29 heavy (non-hydrogen) atoms. The van der Waals surface area contributed by atoms with Gasteiger partial charge in [0.15, 0.2) is 0 Å². The van der Waals surface area contributed by atoms with Crippen molar-refractivity contribution in [2.75, 3.05) is 5.32 Å². The number of carbonyl (C=O) groups is 1. The van der Waals surface area contributed by atoms with Gasteiger partial charge in [-0.25, -0.2) is 4.98 Å². The van der Waals surface area contributed by atoms with E-state index in [-0.39, 0.29) is 11.3 Å². The highest BCUT2D eigenvalue weighted by Gasteiger charge is 2.29. The summed E-state index contributed by atoms with van der Waals surface area (Å²) in [6.45, 7) is 8.12. The van der Waals surface area contributed by atoms with Crippen LogP contribution in [0.25, 0.3) is 11.0 Å². The second kappa shape index (κ2) is 7.50. The molecule has 8 heteroatoms. The smallest absolute Gasteiger partial charge is 0.310 e. The maximum absolute atomic E-state index is 12.7. The van der Waals surface area contributed by atoms with Gasteiger partial charge in [-0.05, 0) is 41.7 Å². The van der Waals surface area contributed by atoms with E-state index in [2.05, 4.69) is 15.4 Å². The van der Waals surface area contributed by atoms with Crippen LogP contribution in [0.15, 0.2) is 36.5 Å². The number of pyridine rings is 1. The van der Waals surface area contributed by atoms with E-state index in [1.165, 1.54) is 12.1 Å². The first kappa shape index (κ1) is 20.8. The number of hydrogen-bond donors (Lipinski definition) is 1. The molecule has 3 rings (SSSR count). The van der Waals surface area contributed by atoms with Crippen molar-refractivity contribution < 1.29 is 18.0 Å². The summed E-state index contributed by atoms with van der Waals surface area (Å²) in [4.78, 5) is 16.7. The normalized spacial score (nSPS) is 12.4. The van der Waals surface area contributed by atoms with Gasteiger partial charge in [-0.2, -0.15) is 18.3 Å². The van der Waals surface area contributed by atoms with Crippen molar-refractivity contribution in [3.8, 4) is 0 Å². The summed E-state index contributed by atoms with van der Waals surface area (Å²) in [6.07, 6.45) is -2.40. The fraction of sp³-hybridized carbons (Fsp3) is 0.381. The molecule has 0 spiro atoms. The predicted molar refractivity (Wildman–Crippen MR) is 106 cm³/mol. The molecule has 0 aliphatic rings. The molecule has 0 atom stereocenters. The van der Waals surface area contributed by atoms with Gasteiger partial charge in [-0.3, -0.25) is 9.48 Å². The van der Waals surface area contributed by atoms with Crippen LogP contribution in [0, 0.1) is 12.3 Å². The van der Waals surface area contributed by atoms with Gasteiger partial charge in [-0.1, -0.05) is 32.9 Å². The maximum Gasteiger partial charge on any atom is 0.416 e. The topological polar surface area (TPSA) is 59.8 Å². The number of alkyl halides is 3. The molecule has 2 heterocycles. The van der Waals surface area contributed by atoms with Crippen LogP contribution in [0.2, 0.25) is 0 Å². The molecule has 0 aliphatic carbocycles. The summed E-state index contributed by atoms with van der Waals surface area (Å²) >= 11 is 0. The van der Waals surface area contributed by atoms with Crippen molar-refractivity contribution in [2.45, 2.75) is 46.8 Å². The van der Waals surface area contributed by atoms with Crippen LogP contribution in [0.3, 0.4) is 0 Å². The lowest BCUT2D eigenvalue weighted by atomic mass is 9.92. The van der Waals surface area contributed by atoms with Crippen molar-refractivity contribution in [2.24, 2.45) is 5.41 Å². The monoisotopic (exact) mass is 404 g/mol. The number of nitrogens with zero attached hydrogens (tertiary/aromatic N) is 3. The summed E-state index contributed by atoms with van der Waals surface area (Å²) in [7, 11) is 0. The van der Waals surface area contributed by atoms with E-state index in [0.29, 0.717) is 29.9 Å². The van der Waals surface area contributed by atoms with E-state index < -0.39 is 11.7 Å². The lowest BCUT2D eigenvalue weighted by Crippen LogP contribution is -2.20. The summed E-state index contributed by atoms with van der Waals surface area (Å²) < 4.78 is 39.8. The highest BCUT2D eigenvalue weighted by Crippen LogP contribution is 2.29. The number of nitrogens with one attached hydrogen (secondary N) is 1. The van der Waals surface area contributed by atoms with E-state index in [0.717, 1.165) is 23.2 Å². The quantitative estimate of drug-likeness (QED) is 0.652. The zero-order valence-corrected chi connectivity index (χ0v) is 16.8. The minimum Gasteiger partial charge on any atom is -0.310 e. The van der Waals surface area contributed by atoms with Gasteiger partial charge in [0.25, 0.3) is 0 Å². The van der Waals surface area contributed by atoms with Gasteiger partial charge in [0.05, 0.1) is 23.8 Å². The Kier molecular flexibility index (Phi) is 5.38. The Morgan fingerprint density at radius 1 is 1.14 bits per heavy atom. The second-order valence-electron chi connectivity index (χ2n) is 8.34. The number of benzene rings is 1. The van der Waals surface area contributed by atoms with Gasteiger partial charge in [0, 0.05) is 6.42 Å². The number of halogens is 3. The van der Waals surface area contributed by atoms with Gasteiger partial charge >= 0.3 is 6.18 Å². The summed E-state index contributed by atoms with van der Waals surface area (Å²) in [5.74, 6) is 0.380. The molecule has 154 valence electrons. The zero-order valence-electron chi connectivity index (χ0n) is 16.8. The van der Waals surface area contributed by atoms with Crippen LogP contribution in [0.5, 0.6) is 0 Å².